The highest BCUT2D eigenvalue weighted by molar-refractivity contribution is 7.99. The molecule has 20 heavy (non-hydrogen) atoms. The maximum Gasteiger partial charge on any atom is 0.0417 e. The lowest BCUT2D eigenvalue weighted by Crippen LogP contribution is -2.35. The summed E-state index contributed by atoms with van der Waals surface area (Å²) < 4.78 is 0. The summed E-state index contributed by atoms with van der Waals surface area (Å²) in [4.78, 5) is 1.35. The third-order valence-corrected chi connectivity index (χ3v) is 5.35. The summed E-state index contributed by atoms with van der Waals surface area (Å²) in [7, 11) is 0. The van der Waals surface area contributed by atoms with Crippen LogP contribution in [-0.4, -0.2) is 11.3 Å². The zero-order valence-corrected chi connectivity index (χ0v) is 14.4. The molecular formula is C17H26ClNS. The maximum absolute atomic E-state index is 6.17. The highest BCUT2D eigenvalue weighted by Crippen LogP contribution is 2.33. The van der Waals surface area contributed by atoms with Gasteiger partial charge in [-0.1, -0.05) is 30.5 Å². The zero-order valence-electron chi connectivity index (χ0n) is 12.8. The Bertz CT molecular complexity index is 433. The van der Waals surface area contributed by atoms with Crippen LogP contribution in [0, 0.1) is 5.92 Å². The maximum atomic E-state index is 6.17. The molecule has 112 valence electrons. The number of hydrogen-bond acceptors (Lipinski definition) is 2. The van der Waals surface area contributed by atoms with E-state index in [0.29, 0.717) is 0 Å². The Labute approximate surface area is 132 Å². The van der Waals surface area contributed by atoms with Crippen LogP contribution in [0.15, 0.2) is 23.1 Å². The van der Waals surface area contributed by atoms with Gasteiger partial charge in [0.2, 0.25) is 0 Å². The summed E-state index contributed by atoms with van der Waals surface area (Å²) in [6.07, 6.45) is 5.64. The molecule has 0 amide bonds. The quantitative estimate of drug-likeness (QED) is 0.719. The van der Waals surface area contributed by atoms with E-state index in [1.165, 1.54) is 41.9 Å². The van der Waals surface area contributed by atoms with E-state index in [9.17, 15) is 0 Å². The van der Waals surface area contributed by atoms with Crippen molar-refractivity contribution in [3.05, 3.63) is 28.8 Å². The van der Waals surface area contributed by atoms with Gasteiger partial charge in [0.15, 0.2) is 0 Å². The van der Waals surface area contributed by atoms with Crippen LogP contribution in [0.3, 0.4) is 0 Å². The number of benzene rings is 1. The molecule has 0 aliphatic heterocycles. The molecule has 0 atom stereocenters. The lowest BCUT2D eigenvalue weighted by molar-refractivity contribution is 0.422. The van der Waals surface area contributed by atoms with E-state index in [1.54, 1.807) is 0 Å². The highest BCUT2D eigenvalue weighted by Gasteiger charge is 2.16. The average molecular weight is 312 g/mol. The van der Waals surface area contributed by atoms with Crippen LogP contribution in [0.25, 0.3) is 0 Å². The second-order valence-electron chi connectivity index (χ2n) is 6.82. The lowest BCUT2D eigenvalue weighted by Gasteiger charge is -2.22. The zero-order chi connectivity index (χ0) is 14.6. The molecule has 3 heteroatoms. The van der Waals surface area contributed by atoms with Crippen molar-refractivity contribution in [2.24, 2.45) is 5.92 Å². The van der Waals surface area contributed by atoms with Crippen LogP contribution in [0.1, 0.15) is 52.0 Å². The molecule has 0 unspecified atom stereocenters. The monoisotopic (exact) mass is 311 g/mol. The Kier molecular flexibility index (Phi) is 5.83. The SMILES string of the molecule is CC(C)(C)NCc1ccc(Cl)cc1SCC1CCCC1. The van der Waals surface area contributed by atoms with Crippen molar-refractivity contribution in [3.63, 3.8) is 0 Å². The van der Waals surface area contributed by atoms with Gasteiger partial charge in [0.05, 0.1) is 0 Å². The van der Waals surface area contributed by atoms with E-state index in [2.05, 4.69) is 38.2 Å². The average Bonchev–Trinajstić information content (AvgIpc) is 2.87. The third-order valence-electron chi connectivity index (χ3n) is 3.79. The van der Waals surface area contributed by atoms with Crippen molar-refractivity contribution in [3.8, 4) is 0 Å². The summed E-state index contributed by atoms with van der Waals surface area (Å²) in [5.74, 6) is 2.14. The summed E-state index contributed by atoms with van der Waals surface area (Å²) in [5.41, 5.74) is 1.51. The number of nitrogens with one attached hydrogen (secondary N) is 1. The van der Waals surface area contributed by atoms with Crippen LogP contribution in [0.2, 0.25) is 5.02 Å². The van der Waals surface area contributed by atoms with Gasteiger partial charge < -0.3 is 5.32 Å². The first-order valence-electron chi connectivity index (χ1n) is 7.60. The van der Waals surface area contributed by atoms with Crippen molar-refractivity contribution in [2.45, 2.75) is 63.4 Å². The fourth-order valence-electron chi connectivity index (χ4n) is 2.55. The Morgan fingerprint density at radius 3 is 2.60 bits per heavy atom. The second-order valence-corrected chi connectivity index (χ2v) is 8.32. The first-order valence-corrected chi connectivity index (χ1v) is 8.97. The van der Waals surface area contributed by atoms with Crippen LogP contribution in [0.4, 0.5) is 0 Å². The van der Waals surface area contributed by atoms with E-state index in [1.807, 2.05) is 17.8 Å². The standard InChI is InChI=1S/C17H26ClNS/c1-17(2,3)19-11-14-8-9-15(18)10-16(14)20-12-13-6-4-5-7-13/h8-10,13,19H,4-7,11-12H2,1-3H3. The van der Waals surface area contributed by atoms with Crippen molar-refractivity contribution in [1.82, 2.24) is 5.32 Å². The van der Waals surface area contributed by atoms with Gasteiger partial charge in [-0.25, -0.2) is 0 Å². The number of halogens is 1. The van der Waals surface area contributed by atoms with E-state index < -0.39 is 0 Å². The molecule has 2 rings (SSSR count). The molecule has 1 aromatic rings. The minimum absolute atomic E-state index is 0.146. The summed E-state index contributed by atoms with van der Waals surface area (Å²) in [6.45, 7) is 7.52. The highest BCUT2D eigenvalue weighted by atomic mass is 35.5. The molecule has 1 fully saturated rings. The van der Waals surface area contributed by atoms with Gasteiger partial charge in [-0.15, -0.1) is 11.8 Å². The Morgan fingerprint density at radius 2 is 1.95 bits per heavy atom. The van der Waals surface area contributed by atoms with Crippen molar-refractivity contribution >= 4 is 23.4 Å². The van der Waals surface area contributed by atoms with Crippen molar-refractivity contribution in [2.75, 3.05) is 5.75 Å². The predicted octanol–water partition coefficient (Wildman–Crippen LogP) is 5.51. The third kappa shape index (κ3) is 5.31. The topological polar surface area (TPSA) is 12.0 Å². The molecule has 0 heterocycles. The predicted molar refractivity (Wildman–Crippen MR) is 90.7 cm³/mol. The Hall–Kier alpha value is -0.180. The van der Waals surface area contributed by atoms with Gasteiger partial charge in [0.25, 0.3) is 0 Å². The molecule has 1 N–H and O–H groups in total. The van der Waals surface area contributed by atoms with Crippen LogP contribution >= 0.6 is 23.4 Å². The smallest absolute Gasteiger partial charge is 0.0417 e. The van der Waals surface area contributed by atoms with Gasteiger partial charge in [0.1, 0.15) is 0 Å². The molecule has 0 spiro atoms. The number of thioether (sulfide) groups is 1. The minimum Gasteiger partial charge on any atom is -0.308 e. The largest absolute Gasteiger partial charge is 0.308 e. The molecule has 0 radical (unpaired) electrons. The number of rotatable bonds is 5. The Balaban J connectivity index is 1.99. The van der Waals surface area contributed by atoms with Crippen molar-refractivity contribution < 1.29 is 0 Å². The van der Waals surface area contributed by atoms with Crippen LogP contribution in [-0.2, 0) is 6.54 Å². The summed E-state index contributed by atoms with van der Waals surface area (Å²) in [5, 5.41) is 4.42. The normalized spacial score (nSPS) is 16.8. The Morgan fingerprint density at radius 1 is 1.25 bits per heavy atom. The second kappa shape index (κ2) is 7.20. The fraction of sp³-hybridized carbons (Fsp3) is 0.647. The van der Waals surface area contributed by atoms with E-state index >= 15 is 0 Å². The molecule has 1 aromatic carbocycles. The van der Waals surface area contributed by atoms with Crippen LogP contribution < -0.4 is 5.32 Å². The summed E-state index contributed by atoms with van der Waals surface area (Å²) >= 11 is 8.15. The van der Waals surface area contributed by atoms with Crippen LogP contribution in [0.5, 0.6) is 0 Å². The van der Waals surface area contributed by atoms with E-state index in [4.69, 9.17) is 11.6 Å². The van der Waals surface area contributed by atoms with Gasteiger partial charge in [-0.05, 0) is 57.2 Å². The van der Waals surface area contributed by atoms with Gasteiger partial charge in [-0.2, -0.15) is 0 Å². The molecule has 0 saturated heterocycles. The molecule has 0 aromatic heterocycles. The molecule has 0 bridgehead atoms. The first-order chi connectivity index (χ1) is 9.44. The molecule has 1 saturated carbocycles. The lowest BCUT2D eigenvalue weighted by atomic mass is 10.1. The molecule has 1 aliphatic carbocycles. The summed E-state index contributed by atoms with van der Waals surface area (Å²) in [6, 6.07) is 6.29. The van der Waals surface area contributed by atoms with Gasteiger partial charge >= 0.3 is 0 Å². The van der Waals surface area contributed by atoms with E-state index in [0.717, 1.165) is 17.5 Å². The van der Waals surface area contributed by atoms with Gasteiger partial charge in [-0.3, -0.25) is 0 Å². The molecular weight excluding hydrogens is 286 g/mol. The molecule has 1 nitrogen and oxygen atoms in total. The molecule has 1 aliphatic rings. The number of hydrogen-bond donors (Lipinski definition) is 1. The minimum atomic E-state index is 0.146. The van der Waals surface area contributed by atoms with Gasteiger partial charge in [0, 0.05) is 27.8 Å². The van der Waals surface area contributed by atoms with E-state index in [-0.39, 0.29) is 5.54 Å². The fourth-order valence-corrected chi connectivity index (χ4v) is 4.08. The van der Waals surface area contributed by atoms with Crippen molar-refractivity contribution in [1.29, 1.82) is 0 Å². The first kappa shape index (κ1) is 16.2.